The average Bonchev–Trinajstić information content (AvgIpc) is 2.86. The van der Waals surface area contributed by atoms with E-state index < -0.39 is 6.10 Å². The van der Waals surface area contributed by atoms with E-state index in [0.29, 0.717) is 31.1 Å². The molecular formula is C16H19ClO3S. The molecule has 5 heteroatoms. The molecule has 0 aliphatic carbocycles. The summed E-state index contributed by atoms with van der Waals surface area (Å²) in [6.07, 6.45) is -0.0497. The van der Waals surface area contributed by atoms with Crippen LogP contribution in [0.15, 0.2) is 30.3 Å². The minimum atomic E-state index is -0.588. The molecule has 1 unspecified atom stereocenters. The summed E-state index contributed by atoms with van der Waals surface area (Å²) in [7, 11) is 0. The molecule has 2 rings (SSSR count). The van der Waals surface area contributed by atoms with Crippen LogP contribution < -0.4 is 9.47 Å². The first kappa shape index (κ1) is 16.1. The number of benzene rings is 1. The first-order valence-electron chi connectivity index (χ1n) is 6.95. The van der Waals surface area contributed by atoms with Gasteiger partial charge >= 0.3 is 0 Å². The summed E-state index contributed by atoms with van der Waals surface area (Å²) in [6, 6.07) is 9.34. The molecule has 0 aliphatic rings. The van der Waals surface area contributed by atoms with Crippen molar-refractivity contribution in [3.8, 4) is 11.5 Å². The fourth-order valence-corrected chi connectivity index (χ4v) is 3.17. The number of halogens is 1. The first-order valence-corrected chi connectivity index (χ1v) is 8.15. The van der Waals surface area contributed by atoms with E-state index in [4.69, 9.17) is 21.1 Å². The molecule has 3 nitrogen and oxygen atoms in total. The summed E-state index contributed by atoms with van der Waals surface area (Å²) in [5.74, 6) is 1.37. The smallest absolute Gasteiger partial charge is 0.161 e. The van der Waals surface area contributed by atoms with Gasteiger partial charge in [-0.1, -0.05) is 17.7 Å². The summed E-state index contributed by atoms with van der Waals surface area (Å²) in [5.41, 5.74) is 0.812. The van der Waals surface area contributed by atoms with Crippen molar-refractivity contribution in [3.63, 3.8) is 0 Å². The Hall–Kier alpha value is -1.23. The summed E-state index contributed by atoms with van der Waals surface area (Å²) in [4.78, 5) is 1.05. The molecule has 0 bridgehead atoms. The maximum Gasteiger partial charge on any atom is 0.161 e. The van der Waals surface area contributed by atoms with Gasteiger partial charge in [0, 0.05) is 11.3 Å². The minimum Gasteiger partial charge on any atom is -0.490 e. The number of hydrogen-bond donors (Lipinski definition) is 1. The van der Waals surface area contributed by atoms with Crippen molar-refractivity contribution in [1.82, 2.24) is 0 Å². The molecule has 0 spiro atoms. The molecule has 0 fully saturated rings. The molecule has 0 amide bonds. The second-order valence-corrected chi connectivity index (χ2v) is 6.30. The van der Waals surface area contributed by atoms with E-state index in [0.717, 1.165) is 14.8 Å². The first-order chi connectivity index (χ1) is 10.1. The summed E-state index contributed by atoms with van der Waals surface area (Å²) in [5, 5.41) is 10.4. The SMILES string of the molecule is CCOc1ccc(C(O)Cc2ccc(Cl)s2)cc1OCC. The van der Waals surface area contributed by atoms with Crippen molar-refractivity contribution >= 4 is 22.9 Å². The van der Waals surface area contributed by atoms with Crippen molar-refractivity contribution < 1.29 is 14.6 Å². The van der Waals surface area contributed by atoms with E-state index >= 15 is 0 Å². The number of aliphatic hydroxyl groups is 1. The molecule has 1 aromatic heterocycles. The molecule has 1 heterocycles. The van der Waals surface area contributed by atoms with Gasteiger partial charge in [0.05, 0.1) is 23.7 Å². The highest BCUT2D eigenvalue weighted by atomic mass is 35.5. The van der Waals surface area contributed by atoms with Crippen LogP contribution in [0.5, 0.6) is 11.5 Å². The highest BCUT2D eigenvalue weighted by molar-refractivity contribution is 7.16. The lowest BCUT2D eigenvalue weighted by Gasteiger charge is -2.15. The summed E-state index contributed by atoms with van der Waals surface area (Å²) in [6.45, 7) is 4.99. The van der Waals surface area contributed by atoms with Gasteiger partial charge in [-0.3, -0.25) is 0 Å². The molecule has 114 valence electrons. The van der Waals surface area contributed by atoms with E-state index in [-0.39, 0.29) is 0 Å². The van der Waals surface area contributed by atoms with Gasteiger partial charge in [-0.05, 0) is 43.7 Å². The van der Waals surface area contributed by atoms with E-state index in [9.17, 15) is 5.11 Å². The summed E-state index contributed by atoms with van der Waals surface area (Å²) >= 11 is 7.40. The highest BCUT2D eigenvalue weighted by Crippen LogP contribution is 2.33. The van der Waals surface area contributed by atoms with Gasteiger partial charge in [-0.15, -0.1) is 11.3 Å². The Labute approximate surface area is 134 Å². The van der Waals surface area contributed by atoms with Crippen LogP contribution in [-0.2, 0) is 6.42 Å². The van der Waals surface area contributed by atoms with Crippen molar-refractivity contribution in [2.75, 3.05) is 13.2 Å². The zero-order valence-electron chi connectivity index (χ0n) is 12.1. The quantitative estimate of drug-likeness (QED) is 0.815. The number of aliphatic hydroxyl groups excluding tert-OH is 1. The van der Waals surface area contributed by atoms with Crippen LogP contribution >= 0.6 is 22.9 Å². The molecule has 0 radical (unpaired) electrons. The highest BCUT2D eigenvalue weighted by Gasteiger charge is 2.14. The molecule has 21 heavy (non-hydrogen) atoms. The fraction of sp³-hybridized carbons (Fsp3) is 0.375. The minimum absolute atomic E-state index is 0.539. The molecule has 1 N–H and O–H groups in total. The molecule has 2 aromatic rings. The number of ether oxygens (including phenoxy) is 2. The predicted molar refractivity (Wildman–Crippen MR) is 86.8 cm³/mol. The Morgan fingerprint density at radius 3 is 2.43 bits per heavy atom. The monoisotopic (exact) mass is 326 g/mol. The molecule has 1 aromatic carbocycles. The Balaban J connectivity index is 2.16. The number of rotatable bonds is 7. The second kappa shape index (κ2) is 7.69. The third-order valence-corrected chi connectivity index (χ3v) is 4.23. The molecular weight excluding hydrogens is 308 g/mol. The van der Waals surface area contributed by atoms with Gasteiger partial charge in [0.25, 0.3) is 0 Å². The largest absolute Gasteiger partial charge is 0.490 e. The van der Waals surface area contributed by atoms with Gasteiger partial charge in [0.1, 0.15) is 0 Å². The molecule has 1 atom stereocenters. The van der Waals surface area contributed by atoms with Gasteiger partial charge < -0.3 is 14.6 Å². The van der Waals surface area contributed by atoms with Crippen molar-refractivity contribution in [1.29, 1.82) is 0 Å². The maximum absolute atomic E-state index is 10.4. The van der Waals surface area contributed by atoms with Crippen LogP contribution in [-0.4, -0.2) is 18.3 Å². The fourth-order valence-electron chi connectivity index (χ4n) is 2.04. The van der Waals surface area contributed by atoms with Gasteiger partial charge in [-0.25, -0.2) is 0 Å². The summed E-state index contributed by atoms with van der Waals surface area (Å²) < 4.78 is 11.8. The lowest BCUT2D eigenvalue weighted by atomic mass is 10.1. The lowest BCUT2D eigenvalue weighted by Crippen LogP contribution is -2.03. The zero-order chi connectivity index (χ0) is 15.2. The Morgan fingerprint density at radius 2 is 1.81 bits per heavy atom. The number of thiophene rings is 1. The lowest BCUT2D eigenvalue weighted by molar-refractivity contribution is 0.178. The third kappa shape index (κ3) is 4.37. The van der Waals surface area contributed by atoms with Crippen LogP contribution in [0.3, 0.4) is 0 Å². The van der Waals surface area contributed by atoms with E-state index in [1.54, 1.807) is 0 Å². The molecule has 0 aliphatic heterocycles. The van der Waals surface area contributed by atoms with E-state index in [1.807, 2.05) is 44.2 Å². The molecule has 0 saturated heterocycles. The van der Waals surface area contributed by atoms with E-state index in [1.165, 1.54) is 11.3 Å². The maximum atomic E-state index is 10.4. The Bertz CT molecular complexity index is 583. The van der Waals surface area contributed by atoms with Crippen LogP contribution in [0.2, 0.25) is 4.34 Å². The normalized spacial score (nSPS) is 12.2. The Kier molecular flexibility index (Phi) is 5.91. The standard InChI is InChI=1S/C16H19ClO3S/c1-3-19-14-7-5-11(9-15(14)20-4-2)13(18)10-12-6-8-16(17)21-12/h5-9,13,18H,3-4,10H2,1-2H3. The number of hydrogen-bond acceptors (Lipinski definition) is 4. The van der Waals surface area contributed by atoms with Crippen molar-refractivity contribution in [2.24, 2.45) is 0 Å². The topological polar surface area (TPSA) is 38.7 Å². The third-order valence-electron chi connectivity index (χ3n) is 2.98. The van der Waals surface area contributed by atoms with E-state index in [2.05, 4.69) is 0 Å². The average molecular weight is 327 g/mol. The molecule has 0 saturated carbocycles. The van der Waals surface area contributed by atoms with Crippen molar-refractivity contribution in [3.05, 3.63) is 45.1 Å². The van der Waals surface area contributed by atoms with Crippen LogP contribution in [0.4, 0.5) is 0 Å². The van der Waals surface area contributed by atoms with Crippen molar-refractivity contribution in [2.45, 2.75) is 26.4 Å². The van der Waals surface area contributed by atoms with Crippen LogP contribution in [0.1, 0.15) is 30.4 Å². The van der Waals surface area contributed by atoms with Crippen LogP contribution in [0, 0.1) is 0 Å². The Morgan fingerprint density at radius 1 is 1.10 bits per heavy atom. The second-order valence-electron chi connectivity index (χ2n) is 4.50. The van der Waals surface area contributed by atoms with Gasteiger partial charge in [0.15, 0.2) is 11.5 Å². The zero-order valence-corrected chi connectivity index (χ0v) is 13.7. The predicted octanol–water partition coefficient (Wildman–Crippen LogP) is 4.48. The van der Waals surface area contributed by atoms with Gasteiger partial charge in [0.2, 0.25) is 0 Å². The van der Waals surface area contributed by atoms with Gasteiger partial charge in [-0.2, -0.15) is 0 Å². The van der Waals surface area contributed by atoms with Crippen LogP contribution in [0.25, 0.3) is 0 Å².